The van der Waals surface area contributed by atoms with Crippen LogP contribution in [0.5, 0.6) is 11.8 Å². The number of aromatic nitrogens is 5. The van der Waals surface area contributed by atoms with Gasteiger partial charge in [0.25, 0.3) is 6.01 Å². The summed E-state index contributed by atoms with van der Waals surface area (Å²) in [5, 5.41) is 1.33. The van der Waals surface area contributed by atoms with Crippen molar-refractivity contribution in [2.75, 3.05) is 24.6 Å². The van der Waals surface area contributed by atoms with E-state index in [4.69, 9.17) is 26.1 Å². The van der Waals surface area contributed by atoms with Gasteiger partial charge >= 0.3 is 0 Å². The van der Waals surface area contributed by atoms with Crippen LogP contribution >= 0.6 is 23.4 Å². The number of piperidine rings is 1. The Morgan fingerprint density at radius 1 is 1.17 bits per heavy atom. The molecule has 4 aromatic rings. The predicted octanol–water partition coefficient (Wildman–Crippen LogP) is 5.74. The molecule has 6 rings (SSSR count). The molecule has 0 bridgehead atoms. The van der Waals surface area contributed by atoms with Gasteiger partial charge in [0, 0.05) is 24.2 Å². The van der Waals surface area contributed by atoms with Crippen LogP contribution in [0.25, 0.3) is 11.0 Å². The van der Waals surface area contributed by atoms with Crippen LogP contribution in [0.1, 0.15) is 26.2 Å². The lowest BCUT2D eigenvalue weighted by Gasteiger charge is -2.38. The summed E-state index contributed by atoms with van der Waals surface area (Å²) in [4.78, 5) is 24.2. The fourth-order valence-corrected chi connectivity index (χ4v) is 5.97. The minimum absolute atomic E-state index is 0.351. The van der Waals surface area contributed by atoms with Gasteiger partial charge < -0.3 is 19.4 Å². The Morgan fingerprint density at radius 3 is 2.77 bits per heavy atom. The average Bonchev–Trinajstić information content (AvgIpc) is 3.46. The molecular weight excluding hydrogens is 484 g/mol. The molecule has 1 atom stereocenters. The zero-order chi connectivity index (χ0) is 23.8. The Labute approximate surface area is 212 Å². The van der Waals surface area contributed by atoms with Crippen LogP contribution in [-0.2, 0) is 4.74 Å². The summed E-state index contributed by atoms with van der Waals surface area (Å²) in [6, 6.07) is 7.87. The van der Waals surface area contributed by atoms with Crippen molar-refractivity contribution >= 4 is 40.2 Å². The standard InChI is InChI=1S/C25H25ClN6O2S/c1-16-11-25(15-33-16)6-9-32(10-7-25)20-13-29-21(14-28-20)35-19-5-4-18-23(22(19)26)31-24(30-18)34-17-3-2-8-27-12-17/h2-5,8,12-14,16H,6-7,9-11,15H2,1H3,(H,30,31)/t16-/m0/s1. The van der Waals surface area contributed by atoms with E-state index in [1.165, 1.54) is 18.2 Å². The second kappa shape index (κ2) is 9.29. The molecule has 35 heavy (non-hydrogen) atoms. The Kier molecular flexibility index (Phi) is 5.99. The molecule has 0 unspecified atom stereocenters. The number of benzene rings is 1. The van der Waals surface area contributed by atoms with Gasteiger partial charge in [-0.05, 0) is 55.9 Å². The molecule has 0 amide bonds. The molecule has 1 N–H and O–H groups in total. The van der Waals surface area contributed by atoms with Crippen molar-refractivity contribution in [1.29, 1.82) is 0 Å². The maximum absolute atomic E-state index is 6.69. The van der Waals surface area contributed by atoms with Crippen molar-refractivity contribution in [2.45, 2.75) is 42.2 Å². The Balaban J connectivity index is 1.13. The van der Waals surface area contributed by atoms with Gasteiger partial charge in [-0.2, -0.15) is 4.98 Å². The van der Waals surface area contributed by atoms with Crippen LogP contribution in [0.4, 0.5) is 5.82 Å². The van der Waals surface area contributed by atoms with Crippen molar-refractivity contribution in [3.63, 3.8) is 0 Å². The Morgan fingerprint density at radius 2 is 2.06 bits per heavy atom. The molecule has 1 spiro atoms. The zero-order valence-corrected chi connectivity index (χ0v) is 20.8. The third kappa shape index (κ3) is 4.68. The molecule has 3 aromatic heterocycles. The van der Waals surface area contributed by atoms with E-state index < -0.39 is 0 Å². The first-order chi connectivity index (χ1) is 17.1. The number of nitrogens with zero attached hydrogens (tertiary/aromatic N) is 5. The fourth-order valence-electron chi connectivity index (χ4n) is 4.89. The highest BCUT2D eigenvalue weighted by Gasteiger charge is 2.41. The van der Waals surface area contributed by atoms with Crippen LogP contribution in [0.15, 0.2) is 59.0 Å². The van der Waals surface area contributed by atoms with Gasteiger partial charge in [-0.25, -0.2) is 9.97 Å². The highest BCUT2D eigenvalue weighted by atomic mass is 35.5. The minimum Gasteiger partial charge on any atom is -0.424 e. The van der Waals surface area contributed by atoms with Gasteiger partial charge in [0.2, 0.25) is 0 Å². The first kappa shape index (κ1) is 22.6. The van der Waals surface area contributed by atoms with Gasteiger partial charge in [-0.15, -0.1) is 0 Å². The zero-order valence-electron chi connectivity index (χ0n) is 19.3. The van der Waals surface area contributed by atoms with E-state index in [-0.39, 0.29) is 0 Å². The molecule has 2 aliphatic rings. The summed E-state index contributed by atoms with van der Waals surface area (Å²) in [6.45, 7) is 5.04. The minimum atomic E-state index is 0.351. The first-order valence-electron chi connectivity index (χ1n) is 11.7. The summed E-state index contributed by atoms with van der Waals surface area (Å²) in [5.41, 5.74) is 1.79. The summed E-state index contributed by atoms with van der Waals surface area (Å²) >= 11 is 8.16. The second-order valence-corrected chi connectivity index (χ2v) is 10.7. The molecule has 8 nitrogen and oxygen atoms in total. The number of anilines is 1. The van der Waals surface area contributed by atoms with E-state index in [0.717, 1.165) is 53.8 Å². The van der Waals surface area contributed by atoms with E-state index in [1.807, 2.05) is 30.6 Å². The van der Waals surface area contributed by atoms with Crippen LogP contribution in [0.3, 0.4) is 0 Å². The third-order valence-corrected chi connectivity index (χ3v) is 8.23. The molecule has 0 saturated carbocycles. The van der Waals surface area contributed by atoms with Crippen LogP contribution in [-0.4, -0.2) is 50.7 Å². The van der Waals surface area contributed by atoms with Gasteiger partial charge in [-0.3, -0.25) is 4.98 Å². The average molecular weight is 509 g/mol. The number of aromatic amines is 1. The van der Waals surface area contributed by atoms with E-state index >= 15 is 0 Å². The number of imidazole rings is 1. The van der Waals surface area contributed by atoms with Crippen molar-refractivity contribution < 1.29 is 9.47 Å². The quantitative estimate of drug-likeness (QED) is 0.365. The van der Waals surface area contributed by atoms with Crippen LogP contribution in [0.2, 0.25) is 5.02 Å². The molecule has 0 radical (unpaired) electrons. The highest BCUT2D eigenvalue weighted by Crippen LogP contribution is 2.42. The maximum Gasteiger partial charge on any atom is 0.300 e. The van der Waals surface area contributed by atoms with Gasteiger partial charge in [0.1, 0.15) is 22.1 Å². The maximum atomic E-state index is 6.69. The van der Waals surface area contributed by atoms with E-state index in [0.29, 0.717) is 33.8 Å². The van der Waals surface area contributed by atoms with Crippen LogP contribution in [0, 0.1) is 5.41 Å². The molecular formula is C25H25ClN6O2S. The third-order valence-electron chi connectivity index (χ3n) is 6.76. The van der Waals surface area contributed by atoms with Crippen molar-refractivity contribution in [2.24, 2.45) is 5.41 Å². The van der Waals surface area contributed by atoms with E-state index in [9.17, 15) is 0 Å². The normalized spacial score (nSPS) is 19.5. The SMILES string of the molecule is C[C@H]1CC2(CCN(c3cnc(Sc4ccc5[nH]c(Oc6cccnc6)nc5c4Cl)cn3)CC2)CO1. The van der Waals surface area contributed by atoms with Gasteiger partial charge in [0.05, 0.1) is 41.8 Å². The number of nitrogens with one attached hydrogen (secondary N) is 1. The smallest absolute Gasteiger partial charge is 0.300 e. The summed E-state index contributed by atoms with van der Waals surface area (Å²) in [5.74, 6) is 1.52. The van der Waals surface area contributed by atoms with Crippen LogP contribution < -0.4 is 9.64 Å². The summed E-state index contributed by atoms with van der Waals surface area (Å²) in [6.07, 6.45) is 10.8. The second-order valence-electron chi connectivity index (χ2n) is 9.23. The highest BCUT2D eigenvalue weighted by molar-refractivity contribution is 7.99. The number of H-pyrrole nitrogens is 1. The molecule has 10 heteroatoms. The fraction of sp³-hybridized carbons (Fsp3) is 0.360. The van der Waals surface area contributed by atoms with E-state index in [2.05, 4.69) is 31.8 Å². The van der Waals surface area contributed by atoms with Crippen molar-refractivity contribution in [3.05, 3.63) is 54.1 Å². The number of halogens is 1. The number of fused-ring (bicyclic) bond motifs is 1. The van der Waals surface area contributed by atoms with E-state index in [1.54, 1.807) is 18.5 Å². The molecule has 2 fully saturated rings. The predicted molar refractivity (Wildman–Crippen MR) is 135 cm³/mol. The largest absolute Gasteiger partial charge is 0.424 e. The molecule has 2 aliphatic heterocycles. The molecule has 180 valence electrons. The molecule has 1 aromatic carbocycles. The number of hydrogen-bond acceptors (Lipinski definition) is 8. The first-order valence-corrected chi connectivity index (χ1v) is 12.9. The number of pyridine rings is 1. The lowest BCUT2D eigenvalue weighted by molar-refractivity contribution is 0.0976. The van der Waals surface area contributed by atoms with Crippen molar-refractivity contribution in [3.8, 4) is 11.8 Å². The lowest BCUT2D eigenvalue weighted by Crippen LogP contribution is -2.41. The van der Waals surface area contributed by atoms with Gasteiger partial charge in [-0.1, -0.05) is 23.4 Å². The summed E-state index contributed by atoms with van der Waals surface area (Å²) < 4.78 is 11.6. The Bertz CT molecular complexity index is 1330. The monoisotopic (exact) mass is 508 g/mol. The van der Waals surface area contributed by atoms with Crippen molar-refractivity contribution in [1.82, 2.24) is 24.9 Å². The summed E-state index contributed by atoms with van der Waals surface area (Å²) in [7, 11) is 0. The Hall–Kier alpha value is -2.88. The topological polar surface area (TPSA) is 89.1 Å². The number of ether oxygens (including phenoxy) is 2. The molecule has 2 saturated heterocycles. The number of hydrogen-bond donors (Lipinski definition) is 1. The number of rotatable bonds is 5. The molecule has 5 heterocycles. The lowest BCUT2D eigenvalue weighted by atomic mass is 9.77. The van der Waals surface area contributed by atoms with Gasteiger partial charge in [0.15, 0.2) is 0 Å². The molecule has 0 aliphatic carbocycles.